The number of fused-ring (bicyclic) bond motifs is 4. The summed E-state index contributed by atoms with van der Waals surface area (Å²) in [5, 5.41) is 26.4. The average Bonchev–Trinajstić information content (AvgIpc) is 3.44. The molecule has 0 fully saturated rings. The van der Waals surface area contributed by atoms with E-state index in [1.54, 1.807) is 25.4 Å². The van der Waals surface area contributed by atoms with Crippen LogP contribution in [0, 0.1) is 0 Å². The van der Waals surface area contributed by atoms with Crippen LogP contribution >= 0.6 is 0 Å². The number of aliphatic hydroxyl groups excluding tert-OH is 1. The Kier molecular flexibility index (Phi) is 6.38. The number of allylic oxidation sites excluding steroid dienone is 1. The zero-order valence-corrected chi connectivity index (χ0v) is 18.8. The Labute approximate surface area is 190 Å². The summed E-state index contributed by atoms with van der Waals surface area (Å²) in [4.78, 5) is 15.7. The largest absolute Gasteiger partial charge is 0.506 e. The van der Waals surface area contributed by atoms with Gasteiger partial charge in [-0.05, 0) is 24.6 Å². The first kappa shape index (κ1) is 22.4. The van der Waals surface area contributed by atoms with E-state index in [2.05, 4.69) is 30.0 Å². The maximum absolute atomic E-state index is 9.71. The third kappa shape index (κ3) is 4.17. The van der Waals surface area contributed by atoms with Gasteiger partial charge in [0.05, 0.1) is 31.4 Å². The second kappa shape index (κ2) is 9.38. The highest BCUT2D eigenvalue weighted by Gasteiger charge is 2.20. The normalized spacial score (nSPS) is 14.2. The van der Waals surface area contributed by atoms with Crippen molar-refractivity contribution in [3.05, 3.63) is 41.6 Å². The minimum atomic E-state index is 0.199. The predicted molar refractivity (Wildman–Crippen MR) is 122 cm³/mol. The number of hydrogen-bond acceptors (Lipinski definition) is 10. The smallest absolute Gasteiger partial charge is 0.225 e. The molecule has 0 unspecified atom stereocenters. The van der Waals surface area contributed by atoms with Crippen LogP contribution in [0.2, 0.25) is 0 Å². The van der Waals surface area contributed by atoms with Gasteiger partial charge >= 0.3 is 0 Å². The number of ether oxygens (including phenoxy) is 1. The fourth-order valence-electron chi connectivity index (χ4n) is 3.96. The standard InChI is InChI=1S/C20H23N9O2.CH4O/c1-3-16(31-2)17-24-19-14-10-23-28(18(14)25-20(21)29(19)26-17)7-6-27-5-4-15-12(11-27)8-13(30)9-22-15;1-2/h3,8-10,30H,4-7,11H2,1-2H3,(H2,21,25);2H,1H3/b16-3-;. The van der Waals surface area contributed by atoms with E-state index in [9.17, 15) is 5.11 Å². The van der Waals surface area contributed by atoms with Crippen LogP contribution in [0.5, 0.6) is 5.75 Å². The second-order valence-corrected chi connectivity index (χ2v) is 7.43. The lowest BCUT2D eigenvalue weighted by molar-refractivity contribution is 0.239. The monoisotopic (exact) mass is 453 g/mol. The molecule has 0 aliphatic carbocycles. The molecule has 5 rings (SSSR count). The van der Waals surface area contributed by atoms with Crippen molar-refractivity contribution < 1.29 is 14.9 Å². The number of aromatic nitrogens is 7. The number of hydrogen-bond donors (Lipinski definition) is 3. The molecule has 0 aromatic carbocycles. The molecule has 5 heterocycles. The van der Waals surface area contributed by atoms with Crippen molar-refractivity contribution in [2.45, 2.75) is 26.4 Å². The zero-order valence-electron chi connectivity index (χ0n) is 18.8. The Morgan fingerprint density at radius 1 is 1.21 bits per heavy atom. The molecule has 0 bridgehead atoms. The second-order valence-electron chi connectivity index (χ2n) is 7.43. The molecule has 33 heavy (non-hydrogen) atoms. The highest BCUT2D eigenvalue weighted by atomic mass is 16.5. The topological polar surface area (TPSA) is 153 Å². The molecule has 12 heteroatoms. The van der Waals surface area contributed by atoms with Gasteiger partial charge in [0, 0.05) is 38.9 Å². The van der Waals surface area contributed by atoms with Gasteiger partial charge in [0.2, 0.25) is 11.8 Å². The van der Waals surface area contributed by atoms with E-state index in [1.165, 1.54) is 10.7 Å². The molecule has 1 aliphatic heterocycles. The molecule has 0 radical (unpaired) electrons. The molecule has 174 valence electrons. The minimum Gasteiger partial charge on any atom is -0.506 e. The van der Waals surface area contributed by atoms with Crippen LogP contribution in [-0.4, -0.2) is 76.8 Å². The van der Waals surface area contributed by atoms with Crippen LogP contribution in [0.15, 0.2) is 24.5 Å². The van der Waals surface area contributed by atoms with Crippen molar-refractivity contribution in [2.24, 2.45) is 0 Å². The van der Waals surface area contributed by atoms with Gasteiger partial charge in [0.25, 0.3) is 0 Å². The van der Waals surface area contributed by atoms with Gasteiger partial charge in [-0.15, -0.1) is 5.10 Å². The van der Waals surface area contributed by atoms with Crippen LogP contribution in [0.1, 0.15) is 24.0 Å². The maximum atomic E-state index is 9.71. The van der Waals surface area contributed by atoms with E-state index in [1.807, 2.05) is 11.6 Å². The summed E-state index contributed by atoms with van der Waals surface area (Å²) >= 11 is 0. The lowest BCUT2D eigenvalue weighted by Gasteiger charge is -2.28. The van der Waals surface area contributed by atoms with Crippen LogP contribution < -0.4 is 5.73 Å². The van der Waals surface area contributed by atoms with E-state index >= 15 is 0 Å². The molecule has 12 nitrogen and oxygen atoms in total. The van der Waals surface area contributed by atoms with Gasteiger partial charge in [0.15, 0.2) is 17.1 Å². The first-order chi connectivity index (χ1) is 16.1. The number of aromatic hydroxyl groups is 1. The fourth-order valence-corrected chi connectivity index (χ4v) is 3.96. The van der Waals surface area contributed by atoms with Crippen molar-refractivity contribution in [3.8, 4) is 5.75 Å². The Balaban J connectivity index is 0.00000126. The van der Waals surface area contributed by atoms with Gasteiger partial charge in [-0.25, -0.2) is 9.67 Å². The SMILES string of the molecule is C/C=C(\OC)c1nc2c3cnn(CCN4CCc5ncc(O)cc5C4)c3nc(N)n2n1.CO. The summed E-state index contributed by atoms with van der Waals surface area (Å²) in [7, 11) is 2.58. The van der Waals surface area contributed by atoms with E-state index in [-0.39, 0.29) is 11.7 Å². The number of pyridine rings is 1. The van der Waals surface area contributed by atoms with Gasteiger partial charge < -0.3 is 20.7 Å². The Morgan fingerprint density at radius 2 is 2.03 bits per heavy atom. The number of rotatable bonds is 5. The molecule has 0 saturated carbocycles. The summed E-state index contributed by atoms with van der Waals surface area (Å²) in [5.41, 5.74) is 9.53. The number of anilines is 1. The van der Waals surface area contributed by atoms with Crippen molar-refractivity contribution in [2.75, 3.05) is 33.0 Å². The Morgan fingerprint density at radius 3 is 2.79 bits per heavy atom. The highest BCUT2D eigenvalue weighted by molar-refractivity contribution is 5.90. The van der Waals surface area contributed by atoms with Crippen LogP contribution in [0.3, 0.4) is 0 Å². The molecule has 4 aromatic rings. The van der Waals surface area contributed by atoms with Crippen molar-refractivity contribution in [1.82, 2.24) is 39.2 Å². The van der Waals surface area contributed by atoms with E-state index in [4.69, 9.17) is 15.6 Å². The molecule has 0 atom stereocenters. The lowest BCUT2D eigenvalue weighted by atomic mass is 10.1. The van der Waals surface area contributed by atoms with Gasteiger partial charge in [-0.1, -0.05) is 0 Å². The van der Waals surface area contributed by atoms with Gasteiger partial charge in [-0.3, -0.25) is 9.88 Å². The molecular weight excluding hydrogens is 426 g/mol. The van der Waals surface area contributed by atoms with Crippen molar-refractivity contribution in [3.63, 3.8) is 0 Å². The molecule has 4 aromatic heterocycles. The molecule has 0 saturated heterocycles. The summed E-state index contributed by atoms with van der Waals surface area (Å²) < 4.78 is 8.67. The van der Waals surface area contributed by atoms with Crippen molar-refractivity contribution in [1.29, 1.82) is 0 Å². The van der Waals surface area contributed by atoms with Crippen molar-refractivity contribution >= 4 is 28.4 Å². The Hall–Kier alpha value is -3.77. The van der Waals surface area contributed by atoms with E-state index in [0.717, 1.165) is 49.8 Å². The predicted octanol–water partition coefficient (Wildman–Crippen LogP) is 0.831. The molecule has 1 aliphatic rings. The third-order valence-electron chi connectivity index (χ3n) is 5.53. The summed E-state index contributed by atoms with van der Waals surface area (Å²) in [6.07, 6.45) is 5.90. The Bertz CT molecular complexity index is 1310. The van der Waals surface area contributed by atoms with Gasteiger partial charge in [-0.2, -0.15) is 14.6 Å². The number of nitrogens with zero attached hydrogens (tertiary/aromatic N) is 8. The number of methoxy groups -OCH3 is 1. The number of nitrogen functional groups attached to an aromatic ring is 1. The van der Waals surface area contributed by atoms with Crippen LogP contribution in [-0.2, 0) is 24.2 Å². The molecule has 0 spiro atoms. The van der Waals surface area contributed by atoms with Crippen LogP contribution in [0.4, 0.5) is 5.95 Å². The lowest BCUT2D eigenvalue weighted by Crippen LogP contribution is -2.33. The summed E-state index contributed by atoms with van der Waals surface area (Å²) in [5.74, 6) is 1.45. The molecular formula is C21H27N9O3. The summed E-state index contributed by atoms with van der Waals surface area (Å²) in [6, 6.07) is 1.79. The number of aliphatic hydroxyl groups is 1. The fraction of sp³-hybridized carbons (Fsp3) is 0.381. The quantitative estimate of drug-likeness (QED) is 0.370. The number of nitrogens with two attached hydrogens (primary N) is 1. The van der Waals surface area contributed by atoms with Crippen LogP contribution in [0.25, 0.3) is 22.4 Å². The maximum Gasteiger partial charge on any atom is 0.225 e. The van der Waals surface area contributed by atoms with E-state index in [0.29, 0.717) is 29.4 Å². The molecule has 4 N–H and O–H groups in total. The van der Waals surface area contributed by atoms with E-state index < -0.39 is 0 Å². The first-order valence-electron chi connectivity index (χ1n) is 10.5. The minimum absolute atomic E-state index is 0.199. The van der Waals surface area contributed by atoms with Gasteiger partial charge in [0.1, 0.15) is 5.75 Å². The highest BCUT2D eigenvalue weighted by Crippen LogP contribution is 2.23. The zero-order chi connectivity index (χ0) is 23.5. The third-order valence-corrected chi connectivity index (χ3v) is 5.53. The first-order valence-corrected chi connectivity index (χ1v) is 10.5. The molecule has 0 amide bonds. The average molecular weight is 454 g/mol. The summed E-state index contributed by atoms with van der Waals surface area (Å²) in [6.45, 7) is 4.93.